The van der Waals surface area contributed by atoms with Crippen LogP contribution in [0, 0.1) is 6.92 Å². The zero-order valence-corrected chi connectivity index (χ0v) is 15.5. The van der Waals surface area contributed by atoms with Crippen molar-refractivity contribution >= 4 is 12.6 Å². The van der Waals surface area contributed by atoms with Gasteiger partial charge >= 0.3 is 7.12 Å². The first-order chi connectivity index (χ1) is 10.2. The number of nitrogens with one attached hydrogen (secondary N) is 1. The van der Waals surface area contributed by atoms with Crippen LogP contribution >= 0.6 is 0 Å². The van der Waals surface area contributed by atoms with Crippen LogP contribution in [0.5, 0.6) is 0 Å². The van der Waals surface area contributed by atoms with E-state index >= 15 is 0 Å². The Morgan fingerprint density at radius 3 is 2.00 bits per heavy atom. The molecule has 0 radical (unpaired) electrons. The number of rotatable bonds is 3. The minimum absolute atomic E-state index is 0.277. The van der Waals surface area contributed by atoms with Gasteiger partial charge in [0.05, 0.1) is 11.2 Å². The van der Waals surface area contributed by atoms with Crippen molar-refractivity contribution in [1.82, 2.24) is 5.32 Å². The minimum Gasteiger partial charge on any atom is -0.399 e. The van der Waals surface area contributed by atoms with Crippen molar-refractivity contribution in [2.45, 2.75) is 72.6 Å². The second-order valence-electron chi connectivity index (χ2n) is 7.01. The minimum atomic E-state index is -0.286. The smallest absolute Gasteiger partial charge is 0.399 e. The third-order valence-electron chi connectivity index (χ3n) is 4.27. The van der Waals surface area contributed by atoms with E-state index in [1.165, 1.54) is 17.5 Å². The highest BCUT2D eigenvalue weighted by Gasteiger charge is 2.51. The van der Waals surface area contributed by atoms with Crippen molar-refractivity contribution in [2.24, 2.45) is 0 Å². The first-order valence-electron chi connectivity index (χ1n) is 8.28. The lowest BCUT2D eigenvalue weighted by Crippen LogP contribution is -2.41. The molecule has 1 fully saturated rings. The molecule has 0 spiro atoms. The Balaban J connectivity index is 0.000000745. The molecule has 2 rings (SSSR count). The molecule has 0 aliphatic carbocycles. The third kappa shape index (κ3) is 4.34. The summed E-state index contributed by atoms with van der Waals surface area (Å²) < 4.78 is 12.2. The Hall–Kier alpha value is -0.835. The van der Waals surface area contributed by atoms with E-state index in [4.69, 9.17) is 9.31 Å². The highest BCUT2D eigenvalue weighted by atomic mass is 16.7. The molecular weight excluding hydrogens is 273 g/mol. The molecule has 1 N–H and O–H groups in total. The molecule has 4 heteroatoms. The van der Waals surface area contributed by atoms with E-state index in [1.54, 1.807) is 0 Å². The highest BCUT2D eigenvalue weighted by molar-refractivity contribution is 6.62. The van der Waals surface area contributed by atoms with Gasteiger partial charge in [-0.2, -0.15) is 0 Å². The van der Waals surface area contributed by atoms with E-state index in [-0.39, 0.29) is 18.3 Å². The monoisotopic (exact) mass is 305 g/mol. The molecular formula is C18H32BNO2. The lowest BCUT2D eigenvalue weighted by molar-refractivity contribution is 0.00578. The molecule has 124 valence electrons. The Morgan fingerprint density at radius 1 is 1.05 bits per heavy atom. The van der Waals surface area contributed by atoms with E-state index in [0.717, 1.165) is 12.0 Å². The van der Waals surface area contributed by atoms with Crippen molar-refractivity contribution in [2.75, 3.05) is 7.05 Å². The summed E-state index contributed by atoms with van der Waals surface area (Å²) in [7, 11) is 1.68. The number of aryl methyl sites for hydroxylation is 1. The van der Waals surface area contributed by atoms with Gasteiger partial charge in [0.25, 0.3) is 0 Å². The van der Waals surface area contributed by atoms with Gasteiger partial charge in [0.15, 0.2) is 0 Å². The van der Waals surface area contributed by atoms with Crippen molar-refractivity contribution in [3.63, 3.8) is 0 Å². The molecule has 0 atom stereocenters. The first kappa shape index (κ1) is 19.2. The van der Waals surface area contributed by atoms with E-state index in [1.807, 2.05) is 7.05 Å². The van der Waals surface area contributed by atoms with E-state index in [9.17, 15) is 0 Å². The summed E-state index contributed by atoms with van der Waals surface area (Å²) >= 11 is 0. The molecule has 0 saturated carbocycles. The van der Waals surface area contributed by atoms with Crippen LogP contribution in [0.25, 0.3) is 0 Å². The maximum absolute atomic E-state index is 6.08. The first-order valence-corrected chi connectivity index (χ1v) is 8.28. The van der Waals surface area contributed by atoms with Crippen molar-refractivity contribution in [3.8, 4) is 0 Å². The van der Waals surface area contributed by atoms with Crippen LogP contribution in [-0.4, -0.2) is 25.4 Å². The van der Waals surface area contributed by atoms with E-state index in [0.29, 0.717) is 0 Å². The predicted molar refractivity (Wildman–Crippen MR) is 95.6 cm³/mol. The van der Waals surface area contributed by atoms with Crippen LogP contribution in [0.3, 0.4) is 0 Å². The fourth-order valence-corrected chi connectivity index (χ4v) is 2.20. The lowest BCUT2D eigenvalue weighted by atomic mass is 9.78. The molecule has 0 aromatic heterocycles. The van der Waals surface area contributed by atoms with Crippen LogP contribution in [0.4, 0.5) is 0 Å². The summed E-state index contributed by atoms with van der Waals surface area (Å²) in [5.74, 6) is 0. The molecule has 1 aliphatic heterocycles. The summed E-state index contributed by atoms with van der Waals surface area (Å²) in [6.45, 7) is 15.6. The van der Waals surface area contributed by atoms with Crippen molar-refractivity contribution in [3.05, 3.63) is 29.3 Å². The molecule has 1 aromatic carbocycles. The van der Waals surface area contributed by atoms with Crippen molar-refractivity contribution < 1.29 is 9.31 Å². The van der Waals surface area contributed by atoms with Crippen LogP contribution in [0.2, 0.25) is 0 Å². The van der Waals surface area contributed by atoms with Gasteiger partial charge in [-0.3, -0.25) is 0 Å². The Kier molecular flexibility index (Phi) is 6.66. The average Bonchev–Trinajstić information content (AvgIpc) is 2.62. The molecule has 0 unspecified atom stereocenters. The molecule has 1 saturated heterocycles. The molecule has 0 amide bonds. The van der Waals surface area contributed by atoms with Gasteiger partial charge in [-0.25, -0.2) is 0 Å². The fourth-order valence-electron chi connectivity index (χ4n) is 2.20. The van der Waals surface area contributed by atoms with Crippen LogP contribution in [0.15, 0.2) is 18.2 Å². The van der Waals surface area contributed by atoms with Gasteiger partial charge in [-0.15, -0.1) is 0 Å². The lowest BCUT2D eigenvalue weighted by Gasteiger charge is -2.32. The summed E-state index contributed by atoms with van der Waals surface area (Å²) in [6.07, 6.45) is 1.25. The van der Waals surface area contributed by atoms with Gasteiger partial charge in [0, 0.05) is 6.54 Å². The zero-order valence-electron chi connectivity index (χ0n) is 15.5. The molecule has 0 bridgehead atoms. The Labute approximate surface area is 136 Å². The Morgan fingerprint density at radius 2 is 1.55 bits per heavy atom. The maximum atomic E-state index is 6.08. The number of hydrogen-bond acceptors (Lipinski definition) is 3. The molecule has 1 aromatic rings. The van der Waals surface area contributed by atoms with Gasteiger partial charge in [-0.05, 0) is 58.3 Å². The molecule has 3 nitrogen and oxygen atoms in total. The second kappa shape index (κ2) is 7.63. The van der Waals surface area contributed by atoms with Gasteiger partial charge < -0.3 is 14.6 Å². The molecule has 1 aliphatic rings. The second-order valence-corrected chi connectivity index (χ2v) is 7.01. The summed E-state index contributed by atoms with van der Waals surface area (Å²) in [4.78, 5) is 0. The average molecular weight is 305 g/mol. The van der Waals surface area contributed by atoms with Crippen LogP contribution in [-0.2, 0) is 15.9 Å². The fraction of sp³-hybridized carbons (Fsp3) is 0.667. The summed E-state index contributed by atoms with van der Waals surface area (Å²) in [5, 5.41) is 3.19. The molecule has 1 heterocycles. The van der Waals surface area contributed by atoms with Crippen LogP contribution in [0.1, 0.15) is 59.1 Å². The van der Waals surface area contributed by atoms with E-state index in [2.05, 4.69) is 72.0 Å². The van der Waals surface area contributed by atoms with Gasteiger partial charge in [0.2, 0.25) is 0 Å². The Bertz CT molecular complexity index is 470. The number of hydrogen-bond donors (Lipinski definition) is 1. The standard InChI is InChI=1S/C15H24BNO2.C3H8/c1-11-7-8-13(9-12(11)10-17-6)16-18-14(2,3)15(4,5)19-16;1-3-2/h7-9,17H,10H2,1-6H3;3H2,1-2H3. The topological polar surface area (TPSA) is 30.5 Å². The van der Waals surface area contributed by atoms with E-state index < -0.39 is 0 Å². The van der Waals surface area contributed by atoms with Crippen LogP contribution < -0.4 is 10.8 Å². The largest absolute Gasteiger partial charge is 0.494 e. The normalized spacial score (nSPS) is 18.8. The zero-order chi connectivity index (χ0) is 17.0. The highest BCUT2D eigenvalue weighted by Crippen LogP contribution is 2.36. The summed E-state index contributed by atoms with van der Waals surface area (Å²) in [5.41, 5.74) is 3.09. The quantitative estimate of drug-likeness (QED) is 0.868. The number of benzene rings is 1. The maximum Gasteiger partial charge on any atom is 0.494 e. The van der Waals surface area contributed by atoms with Crippen molar-refractivity contribution in [1.29, 1.82) is 0 Å². The third-order valence-corrected chi connectivity index (χ3v) is 4.27. The molecule has 22 heavy (non-hydrogen) atoms. The SMILES string of the molecule is CCC.CNCc1cc(B2OC(C)(C)C(C)(C)O2)ccc1C. The summed E-state index contributed by atoms with van der Waals surface area (Å²) in [6, 6.07) is 6.40. The predicted octanol–water partition coefficient (Wildman–Crippen LogP) is 3.43. The van der Waals surface area contributed by atoms with Gasteiger partial charge in [-0.1, -0.05) is 38.5 Å². The van der Waals surface area contributed by atoms with Gasteiger partial charge in [0.1, 0.15) is 0 Å².